The maximum absolute atomic E-state index is 12.4. The summed E-state index contributed by atoms with van der Waals surface area (Å²) in [6, 6.07) is 6.90. The molecule has 2 aromatic heterocycles. The first-order valence-corrected chi connectivity index (χ1v) is 13.3. The first kappa shape index (κ1) is 24.3. The molecule has 1 fully saturated rings. The Kier molecular flexibility index (Phi) is 6.48. The number of hydrogen-bond acceptors (Lipinski definition) is 8. The highest BCUT2D eigenvalue weighted by atomic mass is 32.2. The minimum absolute atomic E-state index is 0.262. The molecule has 0 spiro atoms. The largest absolute Gasteiger partial charge is 0.356 e. The molecule has 1 aromatic carbocycles. The van der Waals surface area contributed by atoms with Gasteiger partial charge in [0.05, 0.1) is 28.7 Å². The standard InChI is InChI=1S/C24H32N6O3S/c1-24(2,3)21(31)15-29-12-10-17(11-13-29)28(4)22-20-14-27-30(23(20)26-16-25-22)18-6-8-19(9-7-18)34(5,32)33/h6-9,14,16-17H,10-13,15H2,1-5H3. The van der Waals surface area contributed by atoms with E-state index in [0.29, 0.717) is 18.2 Å². The van der Waals surface area contributed by atoms with Gasteiger partial charge in [-0.25, -0.2) is 23.1 Å². The second-order valence-electron chi connectivity index (χ2n) is 10.0. The summed E-state index contributed by atoms with van der Waals surface area (Å²) in [6.45, 7) is 8.15. The fourth-order valence-electron chi connectivity index (χ4n) is 4.21. The van der Waals surface area contributed by atoms with E-state index in [1.807, 2.05) is 27.8 Å². The Labute approximate surface area is 200 Å². The number of aromatic nitrogens is 4. The number of likely N-dealkylation sites (tertiary alicyclic amines) is 1. The number of benzene rings is 1. The van der Waals surface area contributed by atoms with Crippen molar-refractivity contribution in [3.63, 3.8) is 0 Å². The first-order valence-electron chi connectivity index (χ1n) is 11.4. The van der Waals surface area contributed by atoms with Crippen LogP contribution in [0.1, 0.15) is 33.6 Å². The van der Waals surface area contributed by atoms with E-state index in [4.69, 9.17) is 0 Å². The number of hydrogen-bond donors (Lipinski definition) is 0. The Hall–Kier alpha value is -2.85. The predicted octanol–water partition coefficient (Wildman–Crippen LogP) is 2.73. The van der Waals surface area contributed by atoms with E-state index in [2.05, 4.69) is 24.9 Å². The van der Waals surface area contributed by atoms with Crippen LogP contribution < -0.4 is 4.90 Å². The molecule has 0 saturated carbocycles. The van der Waals surface area contributed by atoms with Gasteiger partial charge in [0.25, 0.3) is 0 Å². The summed E-state index contributed by atoms with van der Waals surface area (Å²) >= 11 is 0. The smallest absolute Gasteiger partial charge is 0.175 e. The van der Waals surface area contributed by atoms with Gasteiger partial charge >= 0.3 is 0 Å². The Morgan fingerprint density at radius 3 is 2.35 bits per heavy atom. The fourth-order valence-corrected chi connectivity index (χ4v) is 4.84. The topological polar surface area (TPSA) is 101 Å². The summed E-state index contributed by atoms with van der Waals surface area (Å²) in [4.78, 5) is 26.1. The van der Waals surface area contributed by atoms with Crippen LogP contribution in [0.15, 0.2) is 41.7 Å². The Morgan fingerprint density at radius 2 is 1.76 bits per heavy atom. The molecule has 0 unspecified atom stereocenters. The van der Waals surface area contributed by atoms with Crippen molar-refractivity contribution in [2.24, 2.45) is 5.41 Å². The highest BCUT2D eigenvalue weighted by Gasteiger charge is 2.29. The molecule has 0 amide bonds. The number of piperidine rings is 1. The van der Waals surface area contributed by atoms with Crippen LogP contribution in [0.25, 0.3) is 16.7 Å². The second kappa shape index (κ2) is 9.07. The van der Waals surface area contributed by atoms with Crippen LogP contribution in [-0.4, -0.2) is 77.8 Å². The number of carbonyl (C=O) groups excluding carboxylic acids is 1. The molecular weight excluding hydrogens is 452 g/mol. The van der Waals surface area contributed by atoms with Gasteiger partial charge in [-0.3, -0.25) is 9.69 Å². The van der Waals surface area contributed by atoms with Gasteiger partial charge in [0.1, 0.15) is 12.1 Å². The van der Waals surface area contributed by atoms with Gasteiger partial charge in [0.15, 0.2) is 21.3 Å². The molecule has 3 heterocycles. The van der Waals surface area contributed by atoms with Crippen molar-refractivity contribution in [3.8, 4) is 5.69 Å². The summed E-state index contributed by atoms with van der Waals surface area (Å²) in [5.74, 6) is 1.09. The highest BCUT2D eigenvalue weighted by molar-refractivity contribution is 7.90. The van der Waals surface area contributed by atoms with Crippen LogP contribution in [0.4, 0.5) is 5.82 Å². The van der Waals surface area contributed by atoms with Crippen LogP contribution in [-0.2, 0) is 14.6 Å². The van der Waals surface area contributed by atoms with E-state index in [0.717, 1.165) is 42.8 Å². The van der Waals surface area contributed by atoms with Crippen LogP contribution in [0.3, 0.4) is 0 Å². The monoisotopic (exact) mass is 484 g/mol. The number of carbonyl (C=O) groups is 1. The minimum atomic E-state index is -3.26. The van der Waals surface area contributed by atoms with E-state index < -0.39 is 9.84 Å². The van der Waals surface area contributed by atoms with Gasteiger partial charge in [-0.1, -0.05) is 20.8 Å². The number of Topliss-reactive ketones (excluding diaryl/α,β-unsaturated/α-hetero) is 1. The van der Waals surface area contributed by atoms with Crippen LogP contribution in [0, 0.1) is 5.41 Å². The lowest BCUT2D eigenvalue weighted by Gasteiger charge is -2.37. The third-order valence-electron chi connectivity index (χ3n) is 6.50. The molecule has 1 aliphatic rings. The SMILES string of the molecule is CN(c1ncnc2c1cnn2-c1ccc(S(C)(=O)=O)cc1)C1CCN(CC(=O)C(C)(C)C)CC1. The summed E-state index contributed by atoms with van der Waals surface area (Å²) in [7, 11) is -1.22. The number of ketones is 1. The number of sulfone groups is 1. The van der Waals surface area contributed by atoms with Crippen molar-refractivity contribution in [2.75, 3.05) is 37.8 Å². The lowest BCUT2D eigenvalue weighted by molar-refractivity contribution is -0.127. The average Bonchev–Trinajstić information content (AvgIpc) is 3.22. The zero-order valence-corrected chi connectivity index (χ0v) is 21.2. The molecule has 0 N–H and O–H groups in total. The summed E-state index contributed by atoms with van der Waals surface area (Å²) in [6.07, 6.45) is 6.37. The minimum Gasteiger partial charge on any atom is -0.356 e. The summed E-state index contributed by atoms with van der Waals surface area (Å²) in [5, 5.41) is 5.34. The van der Waals surface area contributed by atoms with E-state index in [-0.39, 0.29) is 16.1 Å². The summed E-state index contributed by atoms with van der Waals surface area (Å²) in [5.41, 5.74) is 1.08. The molecule has 0 aliphatic carbocycles. The predicted molar refractivity (Wildman–Crippen MR) is 132 cm³/mol. The first-order chi connectivity index (χ1) is 15.9. The maximum Gasteiger partial charge on any atom is 0.175 e. The number of anilines is 1. The van der Waals surface area contributed by atoms with Crippen molar-refractivity contribution in [2.45, 2.75) is 44.6 Å². The molecular formula is C24H32N6O3S. The quantitative estimate of drug-likeness (QED) is 0.526. The molecule has 4 rings (SSSR count). The van der Waals surface area contributed by atoms with Gasteiger partial charge in [-0.2, -0.15) is 5.10 Å². The van der Waals surface area contributed by atoms with Crippen LogP contribution >= 0.6 is 0 Å². The molecule has 10 heteroatoms. The van der Waals surface area contributed by atoms with Crippen molar-refractivity contribution in [1.82, 2.24) is 24.6 Å². The zero-order valence-electron chi connectivity index (χ0n) is 20.4. The maximum atomic E-state index is 12.4. The number of fused-ring (bicyclic) bond motifs is 1. The number of rotatable bonds is 6. The lowest BCUT2D eigenvalue weighted by Crippen LogP contribution is -2.46. The molecule has 0 bridgehead atoms. The van der Waals surface area contributed by atoms with Gasteiger partial charge in [0, 0.05) is 37.8 Å². The number of nitrogens with zero attached hydrogens (tertiary/aromatic N) is 6. The zero-order chi connectivity index (χ0) is 24.7. The molecule has 0 atom stereocenters. The van der Waals surface area contributed by atoms with Crippen molar-refractivity contribution < 1.29 is 13.2 Å². The molecule has 3 aromatic rings. The van der Waals surface area contributed by atoms with Gasteiger partial charge in [-0.05, 0) is 37.1 Å². The second-order valence-corrected chi connectivity index (χ2v) is 12.1. The fraction of sp³-hybridized carbons (Fsp3) is 0.500. The Morgan fingerprint density at radius 1 is 1.12 bits per heavy atom. The molecule has 9 nitrogen and oxygen atoms in total. The van der Waals surface area contributed by atoms with Gasteiger partial charge < -0.3 is 4.90 Å². The average molecular weight is 485 g/mol. The van der Waals surface area contributed by atoms with Crippen molar-refractivity contribution in [3.05, 3.63) is 36.8 Å². The highest BCUT2D eigenvalue weighted by Crippen LogP contribution is 2.28. The van der Waals surface area contributed by atoms with Crippen LogP contribution in [0.5, 0.6) is 0 Å². The van der Waals surface area contributed by atoms with Crippen LogP contribution in [0.2, 0.25) is 0 Å². The van der Waals surface area contributed by atoms with Crippen molar-refractivity contribution >= 4 is 32.5 Å². The van der Waals surface area contributed by atoms with E-state index in [9.17, 15) is 13.2 Å². The molecule has 34 heavy (non-hydrogen) atoms. The van der Waals surface area contributed by atoms with E-state index in [1.165, 1.54) is 12.6 Å². The third kappa shape index (κ3) is 4.97. The van der Waals surface area contributed by atoms with E-state index >= 15 is 0 Å². The Balaban J connectivity index is 1.51. The summed E-state index contributed by atoms with van der Waals surface area (Å²) < 4.78 is 25.2. The molecule has 182 valence electrons. The lowest BCUT2D eigenvalue weighted by atomic mass is 9.90. The molecule has 1 aliphatic heterocycles. The van der Waals surface area contributed by atoms with Gasteiger partial charge in [0.2, 0.25) is 0 Å². The van der Waals surface area contributed by atoms with Crippen molar-refractivity contribution in [1.29, 1.82) is 0 Å². The van der Waals surface area contributed by atoms with E-state index in [1.54, 1.807) is 35.1 Å². The molecule has 1 saturated heterocycles. The normalized spacial score (nSPS) is 16.1. The van der Waals surface area contributed by atoms with Gasteiger partial charge in [-0.15, -0.1) is 0 Å². The Bertz CT molecular complexity index is 1290. The third-order valence-corrected chi connectivity index (χ3v) is 7.63. The molecule has 0 radical (unpaired) electrons.